The van der Waals surface area contributed by atoms with Gasteiger partial charge < -0.3 is 10.8 Å². The van der Waals surface area contributed by atoms with Gasteiger partial charge in [0.2, 0.25) is 0 Å². The molecule has 1 atom stereocenters. The Balaban J connectivity index is 3.95. The highest BCUT2D eigenvalue weighted by atomic mass is 16.4. The summed E-state index contributed by atoms with van der Waals surface area (Å²) in [5, 5.41) is 9.39. The highest BCUT2D eigenvalue weighted by Crippen LogP contribution is 2.33. The minimum atomic E-state index is -0.731. The molecule has 0 spiro atoms. The van der Waals surface area contributed by atoms with E-state index in [1.807, 2.05) is 13.8 Å². The molecule has 0 radical (unpaired) electrons. The fourth-order valence-corrected chi connectivity index (χ4v) is 2.47. The Morgan fingerprint density at radius 1 is 1.11 bits per heavy atom. The molecule has 0 aliphatic heterocycles. The first kappa shape index (κ1) is 17.4. The zero-order chi connectivity index (χ0) is 14.0. The van der Waals surface area contributed by atoms with E-state index in [0.29, 0.717) is 6.42 Å². The van der Waals surface area contributed by atoms with Crippen molar-refractivity contribution in [3.63, 3.8) is 0 Å². The van der Waals surface area contributed by atoms with E-state index in [0.717, 1.165) is 12.8 Å². The minimum absolute atomic E-state index is 0.0973. The van der Waals surface area contributed by atoms with Crippen LogP contribution in [0.3, 0.4) is 0 Å². The highest BCUT2D eigenvalue weighted by molar-refractivity contribution is 5.75. The number of aliphatic carboxylic acids is 1. The lowest BCUT2D eigenvalue weighted by Crippen LogP contribution is -2.43. The lowest BCUT2D eigenvalue weighted by atomic mass is 9.73. The van der Waals surface area contributed by atoms with Gasteiger partial charge in [-0.05, 0) is 12.3 Å². The predicted molar refractivity (Wildman–Crippen MR) is 76.6 cm³/mol. The van der Waals surface area contributed by atoms with Crippen molar-refractivity contribution in [3.05, 3.63) is 0 Å². The molecule has 3 N–H and O–H groups in total. The summed E-state index contributed by atoms with van der Waals surface area (Å²) in [7, 11) is 0. The molecule has 0 aliphatic carbocycles. The summed E-state index contributed by atoms with van der Waals surface area (Å²) in [5.41, 5.74) is 4.99. The van der Waals surface area contributed by atoms with E-state index in [9.17, 15) is 9.90 Å². The van der Waals surface area contributed by atoms with Crippen molar-refractivity contribution >= 4 is 5.97 Å². The number of rotatable bonds is 11. The van der Waals surface area contributed by atoms with E-state index in [4.69, 9.17) is 5.73 Å². The van der Waals surface area contributed by atoms with Crippen LogP contribution < -0.4 is 5.73 Å². The normalized spacial score (nSPS) is 14.7. The molecule has 0 bridgehead atoms. The number of carboxylic acid groups (broad SMARTS) is 1. The van der Waals surface area contributed by atoms with Gasteiger partial charge in [0, 0.05) is 6.54 Å². The maximum atomic E-state index is 11.4. The van der Waals surface area contributed by atoms with Gasteiger partial charge in [-0.3, -0.25) is 4.79 Å². The summed E-state index contributed by atoms with van der Waals surface area (Å²) in [6.07, 6.45) is 9.21. The molecule has 0 aromatic heterocycles. The topological polar surface area (TPSA) is 63.3 Å². The molecule has 1 unspecified atom stereocenters. The van der Waals surface area contributed by atoms with E-state index >= 15 is 0 Å². The van der Waals surface area contributed by atoms with Crippen molar-refractivity contribution < 1.29 is 9.90 Å². The smallest absolute Gasteiger partial charge is 0.311 e. The van der Waals surface area contributed by atoms with Crippen LogP contribution in [0, 0.1) is 11.3 Å². The van der Waals surface area contributed by atoms with Crippen LogP contribution in [0.1, 0.15) is 72.1 Å². The highest BCUT2D eigenvalue weighted by Gasteiger charge is 2.39. The van der Waals surface area contributed by atoms with E-state index in [1.54, 1.807) is 0 Å². The van der Waals surface area contributed by atoms with Gasteiger partial charge >= 0.3 is 5.97 Å². The quantitative estimate of drug-likeness (QED) is 0.553. The third kappa shape index (κ3) is 5.38. The van der Waals surface area contributed by atoms with E-state index < -0.39 is 11.4 Å². The van der Waals surface area contributed by atoms with Crippen LogP contribution in [0.25, 0.3) is 0 Å². The molecule has 3 heteroatoms. The zero-order valence-electron chi connectivity index (χ0n) is 12.4. The van der Waals surface area contributed by atoms with Gasteiger partial charge in [0.05, 0.1) is 5.41 Å². The van der Waals surface area contributed by atoms with Crippen LogP contribution >= 0.6 is 0 Å². The van der Waals surface area contributed by atoms with Crippen molar-refractivity contribution in [1.29, 1.82) is 0 Å². The Hall–Kier alpha value is -0.570. The summed E-state index contributed by atoms with van der Waals surface area (Å²) in [4.78, 5) is 11.4. The lowest BCUT2D eigenvalue weighted by molar-refractivity contribution is -0.151. The summed E-state index contributed by atoms with van der Waals surface area (Å²) in [5.74, 6) is -0.633. The Morgan fingerprint density at radius 3 is 2.00 bits per heavy atom. The maximum absolute atomic E-state index is 11.4. The number of nitrogens with two attached hydrogens (primary N) is 1. The monoisotopic (exact) mass is 257 g/mol. The summed E-state index contributed by atoms with van der Waals surface area (Å²) in [6, 6.07) is 0. The average Bonchev–Trinajstić information content (AvgIpc) is 2.32. The Labute approximate surface area is 112 Å². The van der Waals surface area contributed by atoms with Gasteiger partial charge in [-0.1, -0.05) is 65.7 Å². The summed E-state index contributed by atoms with van der Waals surface area (Å²) >= 11 is 0. The largest absolute Gasteiger partial charge is 0.481 e. The van der Waals surface area contributed by atoms with E-state index in [2.05, 4.69) is 6.92 Å². The first-order chi connectivity index (χ1) is 8.51. The van der Waals surface area contributed by atoms with Gasteiger partial charge in [0.25, 0.3) is 0 Å². The number of hydrogen-bond donors (Lipinski definition) is 2. The fraction of sp³-hybridized carbons (Fsp3) is 0.933. The third-order valence-corrected chi connectivity index (χ3v) is 4.12. The third-order valence-electron chi connectivity index (χ3n) is 4.12. The maximum Gasteiger partial charge on any atom is 0.311 e. The van der Waals surface area contributed by atoms with Gasteiger partial charge in [0.1, 0.15) is 0 Å². The van der Waals surface area contributed by atoms with Gasteiger partial charge in [-0.25, -0.2) is 0 Å². The fourth-order valence-electron chi connectivity index (χ4n) is 2.47. The van der Waals surface area contributed by atoms with Crippen LogP contribution in [-0.2, 0) is 4.79 Å². The molecule has 0 aliphatic rings. The molecular weight excluding hydrogens is 226 g/mol. The van der Waals surface area contributed by atoms with Crippen molar-refractivity contribution in [1.82, 2.24) is 0 Å². The molecule has 0 rings (SSSR count). The molecule has 0 saturated carbocycles. The molecular formula is C15H31NO2. The second-order valence-corrected chi connectivity index (χ2v) is 5.69. The van der Waals surface area contributed by atoms with Crippen LogP contribution in [0.2, 0.25) is 0 Å². The molecule has 0 fully saturated rings. The standard InChI is InChI=1S/C15H31NO2/c1-4-5-6-7-8-9-10-11-15(12-16,13(2)3)14(17)18/h13H,4-12,16H2,1-3H3,(H,17,18). The lowest BCUT2D eigenvalue weighted by Gasteiger charge is -2.32. The predicted octanol–water partition coefficient (Wildman–Crippen LogP) is 3.81. The Kier molecular flexibility index (Phi) is 9.08. The van der Waals surface area contributed by atoms with Crippen molar-refractivity contribution in [3.8, 4) is 0 Å². The summed E-state index contributed by atoms with van der Waals surface area (Å²) in [6.45, 7) is 6.38. The number of carbonyl (C=O) groups is 1. The zero-order valence-corrected chi connectivity index (χ0v) is 12.4. The number of hydrogen-bond acceptors (Lipinski definition) is 2. The van der Waals surface area contributed by atoms with Crippen LogP contribution in [0.4, 0.5) is 0 Å². The van der Waals surface area contributed by atoms with E-state index in [1.165, 1.54) is 32.1 Å². The molecule has 3 nitrogen and oxygen atoms in total. The molecule has 0 aromatic rings. The Bertz CT molecular complexity index is 229. The van der Waals surface area contributed by atoms with Crippen LogP contribution in [0.15, 0.2) is 0 Å². The van der Waals surface area contributed by atoms with Gasteiger partial charge in [0.15, 0.2) is 0 Å². The molecule has 0 aromatic carbocycles. The molecule has 0 amide bonds. The number of unbranched alkanes of at least 4 members (excludes halogenated alkanes) is 6. The Morgan fingerprint density at radius 2 is 1.61 bits per heavy atom. The van der Waals surface area contributed by atoms with Crippen LogP contribution in [0.5, 0.6) is 0 Å². The van der Waals surface area contributed by atoms with Crippen molar-refractivity contribution in [2.75, 3.05) is 6.54 Å². The van der Waals surface area contributed by atoms with Crippen LogP contribution in [-0.4, -0.2) is 17.6 Å². The SMILES string of the molecule is CCCCCCCCCC(CN)(C(=O)O)C(C)C. The minimum Gasteiger partial charge on any atom is -0.481 e. The first-order valence-electron chi connectivity index (χ1n) is 7.44. The second-order valence-electron chi connectivity index (χ2n) is 5.69. The molecule has 108 valence electrons. The van der Waals surface area contributed by atoms with Gasteiger partial charge in [-0.2, -0.15) is 0 Å². The number of carboxylic acids is 1. The second kappa shape index (κ2) is 9.37. The summed E-state index contributed by atoms with van der Waals surface area (Å²) < 4.78 is 0. The van der Waals surface area contributed by atoms with Crippen molar-refractivity contribution in [2.45, 2.75) is 72.1 Å². The molecule has 0 heterocycles. The van der Waals surface area contributed by atoms with Gasteiger partial charge in [-0.15, -0.1) is 0 Å². The van der Waals surface area contributed by atoms with E-state index in [-0.39, 0.29) is 12.5 Å². The van der Waals surface area contributed by atoms with Crippen molar-refractivity contribution in [2.24, 2.45) is 17.1 Å². The first-order valence-corrected chi connectivity index (χ1v) is 7.44. The molecule has 0 saturated heterocycles. The average molecular weight is 257 g/mol. The molecule has 18 heavy (non-hydrogen) atoms.